The van der Waals surface area contributed by atoms with Crippen molar-refractivity contribution in [1.82, 2.24) is 14.5 Å². The van der Waals surface area contributed by atoms with E-state index in [9.17, 15) is 4.79 Å². The van der Waals surface area contributed by atoms with Crippen molar-refractivity contribution in [2.75, 3.05) is 11.9 Å². The lowest BCUT2D eigenvalue weighted by molar-refractivity contribution is 0.0593. The van der Waals surface area contributed by atoms with Crippen molar-refractivity contribution in [1.29, 1.82) is 0 Å². The molecule has 0 aromatic carbocycles. The van der Waals surface area contributed by atoms with Gasteiger partial charge in [-0.2, -0.15) is 0 Å². The topological polar surface area (TPSA) is 46.1 Å². The summed E-state index contributed by atoms with van der Waals surface area (Å²) in [6.07, 6.45) is 3.47. The molecule has 1 heterocycles. The van der Waals surface area contributed by atoms with Crippen molar-refractivity contribution in [3.8, 4) is 0 Å². The Kier molecular flexibility index (Phi) is 3.69. The lowest BCUT2D eigenvalue weighted by Crippen LogP contribution is -2.45. The number of aromatic nitrogens is 2. The zero-order chi connectivity index (χ0) is 10.7. The lowest BCUT2D eigenvalue weighted by atomic mass is 9.91. The molecule has 1 saturated carbocycles. The quantitative estimate of drug-likeness (QED) is 0.796. The summed E-state index contributed by atoms with van der Waals surface area (Å²) in [6.45, 7) is 0.751. The van der Waals surface area contributed by atoms with E-state index < -0.39 is 0 Å². The minimum atomic E-state index is 0.0212. The molecule has 1 aliphatic carbocycles. The molecule has 82 valence electrons. The number of nitrogens with zero attached hydrogens (tertiary/aromatic N) is 3. The molecule has 1 aromatic heterocycles. The third kappa shape index (κ3) is 2.36. The van der Waals surface area contributed by atoms with Crippen LogP contribution in [0.5, 0.6) is 0 Å². The SMILES string of the molecule is O=C(c1csnn1)N(CCBr)C1CCC1. The maximum absolute atomic E-state index is 12.0. The number of carbonyl (C=O) groups is 1. The summed E-state index contributed by atoms with van der Waals surface area (Å²) in [5.41, 5.74) is 0.479. The molecule has 0 aliphatic heterocycles. The third-order valence-corrected chi connectivity index (χ3v) is 3.54. The van der Waals surface area contributed by atoms with Crippen molar-refractivity contribution < 1.29 is 4.79 Å². The predicted octanol–water partition coefficient (Wildman–Crippen LogP) is 1.93. The first kappa shape index (κ1) is 11.0. The van der Waals surface area contributed by atoms with E-state index in [2.05, 4.69) is 25.5 Å². The molecule has 0 N–H and O–H groups in total. The van der Waals surface area contributed by atoms with Gasteiger partial charge in [0.1, 0.15) is 0 Å². The smallest absolute Gasteiger partial charge is 0.275 e. The van der Waals surface area contributed by atoms with Crippen LogP contribution >= 0.6 is 27.5 Å². The molecule has 6 heteroatoms. The van der Waals surface area contributed by atoms with Gasteiger partial charge in [0.15, 0.2) is 5.69 Å². The molecular formula is C9H12BrN3OS. The second-order valence-corrected chi connectivity index (χ2v) is 4.97. The van der Waals surface area contributed by atoms with Crippen LogP contribution in [0.2, 0.25) is 0 Å². The van der Waals surface area contributed by atoms with Crippen LogP contribution in [-0.2, 0) is 0 Å². The summed E-state index contributed by atoms with van der Waals surface area (Å²) in [6, 6.07) is 0.414. The van der Waals surface area contributed by atoms with Crippen molar-refractivity contribution in [2.45, 2.75) is 25.3 Å². The van der Waals surface area contributed by atoms with E-state index in [0.717, 1.165) is 24.7 Å². The van der Waals surface area contributed by atoms with Gasteiger partial charge in [-0.3, -0.25) is 4.79 Å². The monoisotopic (exact) mass is 289 g/mol. The zero-order valence-corrected chi connectivity index (χ0v) is 10.6. The number of carbonyl (C=O) groups excluding carboxylic acids is 1. The second kappa shape index (κ2) is 5.03. The molecule has 1 fully saturated rings. The normalized spacial score (nSPS) is 16.1. The van der Waals surface area contributed by atoms with E-state index in [1.54, 1.807) is 5.38 Å². The van der Waals surface area contributed by atoms with E-state index in [-0.39, 0.29) is 5.91 Å². The number of hydrogen-bond donors (Lipinski definition) is 0. The first-order chi connectivity index (χ1) is 7.33. The Bertz CT molecular complexity index is 326. The molecule has 1 aliphatic rings. The first-order valence-corrected chi connectivity index (χ1v) is 6.92. The summed E-state index contributed by atoms with van der Waals surface area (Å²) in [7, 11) is 0. The fraction of sp³-hybridized carbons (Fsp3) is 0.667. The minimum Gasteiger partial charge on any atom is -0.333 e. The van der Waals surface area contributed by atoms with Gasteiger partial charge in [0, 0.05) is 23.3 Å². The Morgan fingerprint density at radius 1 is 1.67 bits per heavy atom. The van der Waals surface area contributed by atoms with Crippen LogP contribution in [0.25, 0.3) is 0 Å². The van der Waals surface area contributed by atoms with Crippen molar-refractivity contribution >= 4 is 33.4 Å². The van der Waals surface area contributed by atoms with Gasteiger partial charge in [-0.25, -0.2) is 0 Å². The molecule has 2 rings (SSSR count). The van der Waals surface area contributed by atoms with Crippen molar-refractivity contribution in [2.24, 2.45) is 0 Å². The van der Waals surface area contributed by atoms with E-state index in [1.807, 2.05) is 4.90 Å². The lowest BCUT2D eigenvalue weighted by Gasteiger charge is -2.36. The highest BCUT2D eigenvalue weighted by atomic mass is 79.9. The van der Waals surface area contributed by atoms with Gasteiger partial charge >= 0.3 is 0 Å². The Labute approximate surface area is 101 Å². The van der Waals surface area contributed by atoms with Gasteiger partial charge in [-0.05, 0) is 30.8 Å². The van der Waals surface area contributed by atoms with Crippen LogP contribution in [0.1, 0.15) is 29.8 Å². The number of alkyl halides is 1. The Balaban J connectivity index is 2.06. The van der Waals surface area contributed by atoms with Crippen LogP contribution in [0.4, 0.5) is 0 Å². The van der Waals surface area contributed by atoms with Crippen LogP contribution in [-0.4, -0.2) is 38.3 Å². The Hall–Kier alpha value is -0.490. The average Bonchev–Trinajstić information content (AvgIpc) is 2.66. The number of rotatable bonds is 4. The largest absolute Gasteiger partial charge is 0.333 e. The first-order valence-electron chi connectivity index (χ1n) is 4.97. The van der Waals surface area contributed by atoms with E-state index in [1.165, 1.54) is 18.0 Å². The van der Waals surface area contributed by atoms with Gasteiger partial charge < -0.3 is 4.90 Å². The van der Waals surface area contributed by atoms with Gasteiger partial charge in [0.25, 0.3) is 5.91 Å². The van der Waals surface area contributed by atoms with Crippen LogP contribution in [0.15, 0.2) is 5.38 Å². The van der Waals surface area contributed by atoms with Crippen LogP contribution in [0, 0.1) is 0 Å². The molecule has 0 spiro atoms. The second-order valence-electron chi connectivity index (χ2n) is 3.56. The molecule has 0 atom stereocenters. The Morgan fingerprint density at radius 2 is 2.47 bits per heavy atom. The molecule has 0 unspecified atom stereocenters. The standard InChI is InChI=1S/C9H12BrN3OS/c10-4-5-13(7-2-1-3-7)9(14)8-6-15-12-11-8/h6-7H,1-5H2. The minimum absolute atomic E-state index is 0.0212. The molecule has 1 amide bonds. The zero-order valence-electron chi connectivity index (χ0n) is 8.23. The van der Waals surface area contributed by atoms with Crippen LogP contribution < -0.4 is 0 Å². The fourth-order valence-corrected chi connectivity index (χ4v) is 2.46. The maximum Gasteiger partial charge on any atom is 0.275 e. The molecule has 1 aromatic rings. The molecular weight excluding hydrogens is 278 g/mol. The maximum atomic E-state index is 12.0. The molecule has 4 nitrogen and oxygen atoms in total. The summed E-state index contributed by atoms with van der Waals surface area (Å²) in [4.78, 5) is 14.0. The molecule has 15 heavy (non-hydrogen) atoms. The van der Waals surface area contributed by atoms with E-state index in [0.29, 0.717) is 11.7 Å². The fourth-order valence-electron chi connectivity index (χ4n) is 1.64. The average molecular weight is 290 g/mol. The number of halogens is 1. The molecule has 0 bridgehead atoms. The van der Waals surface area contributed by atoms with Gasteiger partial charge in [-0.1, -0.05) is 20.4 Å². The highest BCUT2D eigenvalue weighted by Crippen LogP contribution is 2.26. The van der Waals surface area contributed by atoms with Gasteiger partial charge in [0.05, 0.1) is 0 Å². The predicted molar refractivity (Wildman–Crippen MR) is 62.4 cm³/mol. The summed E-state index contributed by atoms with van der Waals surface area (Å²) >= 11 is 4.60. The summed E-state index contributed by atoms with van der Waals surface area (Å²) in [5, 5.41) is 6.34. The van der Waals surface area contributed by atoms with Crippen molar-refractivity contribution in [3.05, 3.63) is 11.1 Å². The number of amides is 1. The van der Waals surface area contributed by atoms with E-state index in [4.69, 9.17) is 0 Å². The summed E-state index contributed by atoms with van der Waals surface area (Å²) in [5.74, 6) is 0.0212. The molecule has 0 radical (unpaired) electrons. The number of hydrogen-bond acceptors (Lipinski definition) is 4. The summed E-state index contributed by atoms with van der Waals surface area (Å²) < 4.78 is 3.72. The van der Waals surface area contributed by atoms with Gasteiger partial charge in [-0.15, -0.1) is 5.10 Å². The third-order valence-electron chi connectivity index (χ3n) is 2.68. The van der Waals surface area contributed by atoms with E-state index >= 15 is 0 Å². The highest BCUT2D eigenvalue weighted by Gasteiger charge is 2.29. The van der Waals surface area contributed by atoms with Crippen LogP contribution in [0.3, 0.4) is 0 Å². The highest BCUT2D eigenvalue weighted by molar-refractivity contribution is 9.09. The molecule has 0 saturated heterocycles. The van der Waals surface area contributed by atoms with Crippen molar-refractivity contribution in [3.63, 3.8) is 0 Å². The Morgan fingerprint density at radius 3 is 2.93 bits per heavy atom. The van der Waals surface area contributed by atoms with Gasteiger partial charge in [0.2, 0.25) is 0 Å².